The first-order valence-corrected chi connectivity index (χ1v) is 6.95. The molecular formula is C14H18ClN3O2. The highest BCUT2D eigenvalue weighted by atomic mass is 35.5. The molecule has 2 amide bonds. The van der Waals surface area contributed by atoms with Crippen molar-refractivity contribution in [3.8, 4) is 0 Å². The normalized spacial score (nSPS) is 16.0. The first-order valence-electron chi connectivity index (χ1n) is 6.58. The van der Waals surface area contributed by atoms with Crippen LogP contribution < -0.4 is 5.32 Å². The number of piperazine rings is 1. The second-order valence-corrected chi connectivity index (χ2v) is 5.27. The van der Waals surface area contributed by atoms with E-state index >= 15 is 0 Å². The Morgan fingerprint density at radius 2 is 1.75 bits per heavy atom. The average molecular weight is 296 g/mol. The van der Waals surface area contributed by atoms with Crippen molar-refractivity contribution in [2.24, 2.45) is 0 Å². The maximum absolute atomic E-state index is 11.9. The highest BCUT2D eigenvalue weighted by Gasteiger charge is 2.20. The number of anilines is 1. The number of benzene rings is 1. The van der Waals surface area contributed by atoms with Crippen molar-refractivity contribution in [2.75, 3.05) is 38.0 Å². The number of nitrogens with one attached hydrogen (secondary N) is 1. The van der Waals surface area contributed by atoms with Gasteiger partial charge in [0, 0.05) is 43.8 Å². The van der Waals surface area contributed by atoms with E-state index in [2.05, 4.69) is 5.32 Å². The molecule has 0 atom stereocenters. The van der Waals surface area contributed by atoms with Crippen LogP contribution in [0.2, 0.25) is 5.02 Å². The molecule has 1 N–H and O–H groups in total. The van der Waals surface area contributed by atoms with E-state index in [1.165, 1.54) is 0 Å². The largest absolute Gasteiger partial charge is 0.340 e. The average Bonchev–Trinajstić information content (AvgIpc) is 2.42. The Bertz CT molecular complexity index is 482. The van der Waals surface area contributed by atoms with Crippen molar-refractivity contribution in [3.63, 3.8) is 0 Å². The topological polar surface area (TPSA) is 52.7 Å². The minimum atomic E-state index is -0.0522. The molecule has 0 spiro atoms. The van der Waals surface area contributed by atoms with Crippen LogP contribution >= 0.6 is 11.6 Å². The molecule has 0 aliphatic carbocycles. The molecule has 6 heteroatoms. The highest BCUT2D eigenvalue weighted by molar-refractivity contribution is 6.30. The number of hydrogen-bond donors (Lipinski definition) is 1. The monoisotopic (exact) mass is 295 g/mol. The molecule has 0 saturated carbocycles. The van der Waals surface area contributed by atoms with E-state index in [1.54, 1.807) is 36.1 Å². The van der Waals surface area contributed by atoms with Gasteiger partial charge in [-0.2, -0.15) is 0 Å². The molecule has 0 radical (unpaired) electrons. The standard InChI is InChI=1S/C14H18ClN3O2/c1-11(19)18-8-6-17(7-9-18)10-14(20)16-13-4-2-12(15)3-5-13/h2-5H,6-10H2,1H3,(H,16,20). The maximum atomic E-state index is 11.9. The maximum Gasteiger partial charge on any atom is 0.238 e. The lowest BCUT2D eigenvalue weighted by atomic mass is 10.3. The van der Waals surface area contributed by atoms with Gasteiger partial charge < -0.3 is 10.2 Å². The Morgan fingerprint density at radius 1 is 1.15 bits per heavy atom. The lowest BCUT2D eigenvalue weighted by Crippen LogP contribution is -2.49. The van der Waals surface area contributed by atoms with Crippen LogP contribution in [0.5, 0.6) is 0 Å². The van der Waals surface area contributed by atoms with E-state index in [9.17, 15) is 9.59 Å². The zero-order valence-electron chi connectivity index (χ0n) is 11.4. The van der Waals surface area contributed by atoms with Crippen LogP contribution in [-0.4, -0.2) is 54.3 Å². The molecular weight excluding hydrogens is 278 g/mol. The Labute approximate surface area is 123 Å². The molecule has 5 nitrogen and oxygen atoms in total. The van der Waals surface area contributed by atoms with Crippen molar-refractivity contribution in [3.05, 3.63) is 29.3 Å². The summed E-state index contributed by atoms with van der Waals surface area (Å²) in [5, 5.41) is 3.47. The van der Waals surface area contributed by atoms with Gasteiger partial charge in [0.05, 0.1) is 6.54 Å². The minimum Gasteiger partial charge on any atom is -0.340 e. The third-order valence-electron chi connectivity index (χ3n) is 3.31. The summed E-state index contributed by atoms with van der Waals surface area (Å²) in [5.41, 5.74) is 0.738. The van der Waals surface area contributed by atoms with Gasteiger partial charge in [0.25, 0.3) is 0 Å². The molecule has 1 aliphatic heterocycles. The second-order valence-electron chi connectivity index (χ2n) is 4.84. The molecule has 1 heterocycles. The Kier molecular flexibility index (Phi) is 4.98. The lowest BCUT2D eigenvalue weighted by Gasteiger charge is -2.33. The van der Waals surface area contributed by atoms with Gasteiger partial charge in [0.2, 0.25) is 11.8 Å². The van der Waals surface area contributed by atoms with Gasteiger partial charge in [-0.3, -0.25) is 14.5 Å². The number of carbonyl (C=O) groups is 2. The first-order chi connectivity index (χ1) is 9.54. The smallest absolute Gasteiger partial charge is 0.238 e. The van der Waals surface area contributed by atoms with E-state index < -0.39 is 0 Å². The molecule has 108 valence electrons. The van der Waals surface area contributed by atoms with Crippen molar-refractivity contribution in [2.45, 2.75) is 6.92 Å². The molecule has 20 heavy (non-hydrogen) atoms. The van der Waals surface area contributed by atoms with Crippen molar-refractivity contribution >= 4 is 29.1 Å². The first kappa shape index (κ1) is 14.8. The van der Waals surface area contributed by atoms with Crippen molar-refractivity contribution in [1.82, 2.24) is 9.80 Å². The fourth-order valence-corrected chi connectivity index (χ4v) is 2.28. The molecule has 1 fully saturated rings. The van der Waals surface area contributed by atoms with Gasteiger partial charge >= 0.3 is 0 Å². The zero-order valence-corrected chi connectivity index (χ0v) is 12.2. The molecule has 0 bridgehead atoms. The number of amides is 2. The summed E-state index contributed by atoms with van der Waals surface area (Å²) in [6.45, 7) is 4.74. The van der Waals surface area contributed by atoms with Crippen LogP contribution in [-0.2, 0) is 9.59 Å². The number of nitrogens with zero attached hydrogens (tertiary/aromatic N) is 2. The summed E-state index contributed by atoms with van der Waals surface area (Å²) >= 11 is 5.79. The van der Waals surface area contributed by atoms with E-state index in [-0.39, 0.29) is 11.8 Å². The molecule has 1 aromatic rings. The van der Waals surface area contributed by atoms with Crippen LogP contribution in [0.3, 0.4) is 0 Å². The van der Waals surface area contributed by atoms with Crippen LogP contribution in [0.15, 0.2) is 24.3 Å². The summed E-state index contributed by atoms with van der Waals surface area (Å²) in [5.74, 6) is 0.0406. The molecule has 1 aromatic carbocycles. The minimum absolute atomic E-state index is 0.0522. The van der Waals surface area contributed by atoms with Crippen LogP contribution in [0.1, 0.15) is 6.92 Å². The molecule has 1 aliphatic rings. The van der Waals surface area contributed by atoms with Gasteiger partial charge in [-0.05, 0) is 24.3 Å². The van der Waals surface area contributed by atoms with Gasteiger partial charge in [0.15, 0.2) is 0 Å². The Balaban J connectivity index is 1.78. The summed E-state index contributed by atoms with van der Waals surface area (Å²) in [6.07, 6.45) is 0. The van der Waals surface area contributed by atoms with E-state index in [0.29, 0.717) is 24.7 Å². The fourth-order valence-electron chi connectivity index (χ4n) is 2.16. The van der Waals surface area contributed by atoms with Gasteiger partial charge in [-0.25, -0.2) is 0 Å². The van der Waals surface area contributed by atoms with Gasteiger partial charge in [-0.15, -0.1) is 0 Å². The van der Waals surface area contributed by atoms with E-state index in [1.807, 2.05) is 4.90 Å². The summed E-state index contributed by atoms with van der Waals surface area (Å²) in [7, 11) is 0. The lowest BCUT2D eigenvalue weighted by molar-refractivity contribution is -0.130. The third kappa shape index (κ3) is 4.21. The van der Waals surface area contributed by atoms with Crippen LogP contribution in [0, 0.1) is 0 Å². The number of hydrogen-bond acceptors (Lipinski definition) is 3. The van der Waals surface area contributed by atoms with E-state index in [0.717, 1.165) is 18.8 Å². The van der Waals surface area contributed by atoms with Gasteiger partial charge in [0.1, 0.15) is 0 Å². The van der Waals surface area contributed by atoms with Crippen LogP contribution in [0.25, 0.3) is 0 Å². The molecule has 0 aromatic heterocycles. The Morgan fingerprint density at radius 3 is 2.30 bits per heavy atom. The zero-order chi connectivity index (χ0) is 14.5. The van der Waals surface area contributed by atoms with E-state index in [4.69, 9.17) is 11.6 Å². The fraction of sp³-hybridized carbons (Fsp3) is 0.429. The van der Waals surface area contributed by atoms with Gasteiger partial charge in [-0.1, -0.05) is 11.6 Å². The number of rotatable bonds is 3. The highest BCUT2D eigenvalue weighted by Crippen LogP contribution is 2.13. The number of halogens is 1. The predicted octanol–water partition coefficient (Wildman–Crippen LogP) is 1.44. The number of carbonyl (C=O) groups excluding carboxylic acids is 2. The molecule has 0 unspecified atom stereocenters. The van der Waals surface area contributed by atoms with Crippen molar-refractivity contribution < 1.29 is 9.59 Å². The third-order valence-corrected chi connectivity index (χ3v) is 3.56. The predicted molar refractivity (Wildman–Crippen MR) is 78.8 cm³/mol. The Hall–Kier alpha value is -1.59. The second kappa shape index (κ2) is 6.72. The molecule has 2 rings (SSSR count). The van der Waals surface area contributed by atoms with Crippen molar-refractivity contribution in [1.29, 1.82) is 0 Å². The SMILES string of the molecule is CC(=O)N1CCN(CC(=O)Nc2ccc(Cl)cc2)CC1. The summed E-state index contributed by atoms with van der Waals surface area (Å²) in [6, 6.07) is 7.02. The molecule has 1 saturated heterocycles. The quantitative estimate of drug-likeness (QED) is 0.918. The summed E-state index contributed by atoms with van der Waals surface area (Å²) < 4.78 is 0. The van der Waals surface area contributed by atoms with Crippen LogP contribution in [0.4, 0.5) is 5.69 Å². The summed E-state index contributed by atoms with van der Waals surface area (Å²) in [4.78, 5) is 27.0.